The number of rotatable bonds is 7. The van der Waals surface area contributed by atoms with Crippen molar-refractivity contribution in [3.8, 4) is 11.5 Å². The predicted octanol–water partition coefficient (Wildman–Crippen LogP) is 3.31. The molecule has 114 valence electrons. The molecule has 0 unspecified atom stereocenters. The fourth-order valence-corrected chi connectivity index (χ4v) is 1.93. The number of hydrogen-bond donors (Lipinski definition) is 2. The summed E-state index contributed by atoms with van der Waals surface area (Å²) in [4.78, 5) is 10.3. The lowest BCUT2D eigenvalue weighted by atomic mass is 9.99. The monoisotopic (exact) mass is 304 g/mol. The summed E-state index contributed by atoms with van der Waals surface area (Å²) in [6.45, 7) is 2.08. The second-order valence-corrected chi connectivity index (χ2v) is 4.45. The molecule has 7 heteroatoms. The number of nitrogens with two attached hydrogens (primary N) is 1. The number of hydrogen-bond acceptors (Lipinski definition) is 5. The highest BCUT2D eigenvalue weighted by atomic mass is 35.5. The second kappa shape index (κ2) is 8.60. The van der Waals surface area contributed by atoms with Crippen LogP contribution in [0.15, 0.2) is 12.1 Å². The molecule has 1 atom stereocenters. The Morgan fingerprint density at radius 1 is 1.45 bits per heavy atom. The van der Waals surface area contributed by atoms with E-state index < -0.39 is 11.0 Å². The molecule has 0 bridgehead atoms. The molecule has 0 heterocycles. The fourth-order valence-electron chi connectivity index (χ4n) is 1.93. The highest BCUT2D eigenvalue weighted by molar-refractivity contribution is 5.85. The van der Waals surface area contributed by atoms with Crippen molar-refractivity contribution in [1.82, 2.24) is 0 Å². The van der Waals surface area contributed by atoms with Crippen LogP contribution in [0.5, 0.6) is 11.5 Å². The highest BCUT2D eigenvalue weighted by Crippen LogP contribution is 2.38. The Hall–Kier alpha value is -1.53. The average molecular weight is 305 g/mol. The smallest absolute Gasteiger partial charge is 0.273 e. The van der Waals surface area contributed by atoms with Gasteiger partial charge >= 0.3 is 0 Å². The molecule has 0 spiro atoms. The molecule has 0 fully saturated rings. The van der Waals surface area contributed by atoms with Gasteiger partial charge in [0.25, 0.3) is 5.69 Å². The van der Waals surface area contributed by atoms with E-state index in [1.165, 1.54) is 19.2 Å². The summed E-state index contributed by atoms with van der Waals surface area (Å²) in [5.74, 6) is -0.0350. The Morgan fingerprint density at radius 3 is 2.60 bits per heavy atom. The van der Waals surface area contributed by atoms with Gasteiger partial charge in [-0.25, -0.2) is 0 Å². The molecule has 0 amide bonds. The van der Waals surface area contributed by atoms with Crippen LogP contribution in [0.1, 0.15) is 44.2 Å². The number of phenolic OH excluding ortho intramolecular Hbond substituents is 1. The van der Waals surface area contributed by atoms with E-state index >= 15 is 0 Å². The first kappa shape index (κ1) is 18.5. The van der Waals surface area contributed by atoms with Crippen molar-refractivity contribution < 1.29 is 14.8 Å². The first-order valence-electron chi connectivity index (χ1n) is 6.32. The maximum atomic E-state index is 10.8. The minimum Gasteiger partial charge on any atom is -0.504 e. The minimum absolute atomic E-state index is 0. The van der Waals surface area contributed by atoms with Crippen LogP contribution in [-0.2, 0) is 0 Å². The van der Waals surface area contributed by atoms with Crippen molar-refractivity contribution in [2.24, 2.45) is 5.73 Å². The SMILES string of the molecule is CCCCC[C@H](N)c1cc([N+](=O)[O-])cc(OC)c1O.Cl. The number of nitro groups is 1. The number of aromatic hydroxyl groups is 1. The number of unbranched alkanes of at least 4 members (excludes halogenated alkanes) is 2. The summed E-state index contributed by atoms with van der Waals surface area (Å²) in [7, 11) is 1.35. The van der Waals surface area contributed by atoms with Crippen LogP contribution >= 0.6 is 12.4 Å². The number of phenols is 1. The van der Waals surface area contributed by atoms with Gasteiger partial charge in [0.2, 0.25) is 0 Å². The fraction of sp³-hybridized carbons (Fsp3) is 0.538. The lowest BCUT2D eigenvalue weighted by Gasteiger charge is -2.15. The Balaban J connectivity index is 0.00000361. The van der Waals surface area contributed by atoms with E-state index in [1.807, 2.05) is 0 Å². The molecule has 1 aromatic carbocycles. The van der Waals surface area contributed by atoms with Crippen LogP contribution < -0.4 is 10.5 Å². The number of halogens is 1. The summed E-state index contributed by atoms with van der Waals surface area (Å²) in [5, 5.41) is 20.8. The Labute approximate surface area is 124 Å². The molecule has 0 aliphatic carbocycles. The van der Waals surface area contributed by atoms with Crippen LogP contribution in [0.3, 0.4) is 0 Å². The quantitative estimate of drug-likeness (QED) is 0.457. The molecule has 0 saturated carbocycles. The van der Waals surface area contributed by atoms with Crippen LogP contribution in [0, 0.1) is 10.1 Å². The Kier molecular flexibility index (Phi) is 7.94. The van der Waals surface area contributed by atoms with E-state index in [1.54, 1.807) is 0 Å². The molecule has 0 aliphatic heterocycles. The van der Waals surface area contributed by atoms with Crippen LogP contribution in [0.4, 0.5) is 5.69 Å². The van der Waals surface area contributed by atoms with Crippen molar-refractivity contribution in [2.75, 3.05) is 7.11 Å². The first-order valence-corrected chi connectivity index (χ1v) is 6.32. The minimum atomic E-state index is -0.524. The van der Waals surface area contributed by atoms with E-state index in [0.29, 0.717) is 12.0 Å². The summed E-state index contributed by atoms with van der Waals surface area (Å²) in [6, 6.07) is 2.08. The topological polar surface area (TPSA) is 98.6 Å². The van der Waals surface area contributed by atoms with Crippen LogP contribution in [0.2, 0.25) is 0 Å². The van der Waals surface area contributed by atoms with Crippen molar-refractivity contribution >= 4 is 18.1 Å². The summed E-state index contributed by atoms with van der Waals surface area (Å²) < 4.78 is 4.94. The highest BCUT2D eigenvalue weighted by Gasteiger charge is 2.20. The third-order valence-corrected chi connectivity index (χ3v) is 3.04. The van der Waals surface area contributed by atoms with Gasteiger partial charge in [0.05, 0.1) is 18.1 Å². The van der Waals surface area contributed by atoms with Crippen LogP contribution in [0.25, 0.3) is 0 Å². The first-order chi connectivity index (χ1) is 9.01. The van der Waals surface area contributed by atoms with Gasteiger partial charge in [-0.05, 0) is 6.42 Å². The van der Waals surface area contributed by atoms with Gasteiger partial charge in [-0.2, -0.15) is 0 Å². The number of nitrogens with zero attached hydrogens (tertiary/aromatic N) is 1. The van der Waals surface area contributed by atoms with Gasteiger partial charge in [-0.1, -0.05) is 26.2 Å². The zero-order valence-corrected chi connectivity index (χ0v) is 12.5. The lowest BCUT2D eigenvalue weighted by Crippen LogP contribution is -2.11. The number of nitro benzene ring substituents is 1. The third-order valence-electron chi connectivity index (χ3n) is 3.04. The number of non-ortho nitro benzene ring substituents is 1. The normalized spacial score (nSPS) is 11.6. The average Bonchev–Trinajstić information content (AvgIpc) is 2.38. The molecule has 1 aromatic rings. The molecule has 0 saturated heterocycles. The van der Waals surface area contributed by atoms with E-state index in [4.69, 9.17) is 10.5 Å². The van der Waals surface area contributed by atoms with E-state index in [9.17, 15) is 15.2 Å². The van der Waals surface area contributed by atoms with Gasteiger partial charge in [-0.3, -0.25) is 10.1 Å². The summed E-state index contributed by atoms with van der Waals surface area (Å²) in [5.41, 5.74) is 6.23. The largest absolute Gasteiger partial charge is 0.504 e. The Bertz CT molecular complexity index is 454. The predicted molar refractivity (Wildman–Crippen MR) is 79.6 cm³/mol. The van der Waals surface area contributed by atoms with Gasteiger partial charge in [-0.15, -0.1) is 12.4 Å². The molecule has 3 N–H and O–H groups in total. The van der Waals surface area contributed by atoms with Gasteiger partial charge in [0, 0.05) is 17.7 Å². The molecular formula is C13H21ClN2O4. The molecule has 0 aromatic heterocycles. The molecular weight excluding hydrogens is 284 g/mol. The van der Waals surface area contributed by atoms with Crippen molar-refractivity contribution in [2.45, 2.75) is 38.6 Å². The van der Waals surface area contributed by atoms with Crippen LogP contribution in [-0.4, -0.2) is 17.1 Å². The number of ether oxygens (including phenoxy) is 1. The van der Waals surface area contributed by atoms with E-state index in [-0.39, 0.29) is 29.6 Å². The van der Waals surface area contributed by atoms with Gasteiger partial charge < -0.3 is 15.6 Å². The van der Waals surface area contributed by atoms with Crippen molar-refractivity contribution in [3.63, 3.8) is 0 Å². The van der Waals surface area contributed by atoms with Crippen molar-refractivity contribution in [3.05, 3.63) is 27.8 Å². The second-order valence-electron chi connectivity index (χ2n) is 4.45. The van der Waals surface area contributed by atoms with Crippen molar-refractivity contribution in [1.29, 1.82) is 0 Å². The molecule has 0 aliphatic rings. The Morgan fingerprint density at radius 2 is 2.10 bits per heavy atom. The zero-order chi connectivity index (χ0) is 14.4. The molecule has 6 nitrogen and oxygen atoms in total. The summed E-state index contributed by atoms with van der Waals surface area (Å²) >= 11 is 0. The maximum Gasteiger partial charge on any atom is 0.273 e. The molecule has 1 rings (SSSR count). The van der Waals surface area contributed by atoms with Gasteiger partial charge in [0.1, 0.15) is 0 Å². The van der Waals surface area contributed by atoms with E-state index in [2.05, 4.69) is 6.92 Å². The summed E-state index contributed by atoms with van der Waals surface area (Å²) in [6.07, 6.45) is 3.70. The van der Waals surface area contributed by atoms with E-state index in [0.717, 1.165) is 19.3 Å². The number of benzene rings is 1. The lowest BCUT2D eigenvalue weighted by molar-refractivity contribution is -0.385. The standard InChI is InChI=1S/C13H20N2O4.ClH/c1-3-4-5-6-11(14)10-7-9(15(17)18)8-12(19-2)13(10)16;/h7-8,11,16H,3-6,14H2,1-2H3;1H/t11-;/m0./s1. The molecule has 20 heavy (non-hydrogen) atoms. The number of methoxy groups -OCH3 is 1. The maximum absolute atomic E-state index is 10.8. The third kappa shape index (κ3) is 4.54. The molecule has 0 radical (unpaired) electrons. The van der Waals surface area contributed by atoms with Gasteiger partial charge in [0.15, 0.2) is 11.5 Å². The zero-order valence-electron chi connectivity index (χ0n) is 11.7.